The van der Waals surface area contributed by atoms with Crippen molar-refractivity contribution in [2.24, 2.45) is 5.73 Å². The number of rotatable bonds is 4. The van der Waals surface area contributed by atoms with Gasteiger partial charge in [0.25, 0.3) is 0 Å². The van der Waals surface area contributed by atoms with Gasteiger partial charge in [-0.3, -0.25) is 4.79 Å². The molecule has 16 heavy (non-hydrogen) atoms. The molecule has 0 bridgehead atoms. The third-order valence-corrected chi connectivity index (χ3v) is 2.81. The Morgan fingerprint density at radius 3 is 2.69 bits per heavy atom. The Hall–Kier alpha value is -1.75. The summed E-state index contributed by atoms with van der Waals surface area (Å²) in [4.78, 5) is 11.6. The van der Waals surface area contributed by atoms with Crippen LogP contribution in [-0.2, 0) is 4.79 Å². The average molecular weight is 232 g/mol. The number of hydrogen-bond acceptors (Lipinski definition) is 4. The molecular weight excluding hydrogens is 222 g/mol. The van der Waals surface area contributed by atoms with E-state index in [0.717, 1.165) is 16.0 Å². The maximum atomic E-state index is 10.6. The van der Waals surface area contributed by atoms with E-state index in [0.29, 0.717) is 0 Å². The van der Waals surface area contributed by atoms with Gasteiger partial charge in [0.05, 0.1) is 11.1 Å². The van der Waals surface area contributed by atoms with E-state index in [1.807, 2.05) is 24.3 Å². The number of amides is 1. The first-order valence-corrected chi connectivity index (χ1v) is 5.52. The molecule has 0 saturated carbocycles. The average Bonchev–Trinajstić information content (AvgIpc) is 2.80. The van der Waals surface area contributed by atoms with Gasteiger partial charge in [-0.05, 0) is 29.1 Å². The molecule has 81 valence electrons. The number of carbonyl (C=O) groups is 1. The van der Waals surface area contributed by atoms with Crippen LogP contribution in [0, 0.1) is 6.42 Å². The topological polar surface area (TPSA) is 68.9 Å². The zero-order valence-electron chi connectivity index (χ0n) is 8.46. The van der Waals surface area contributed by atoms with Gasteiger partial charge in [-0.15, -0.1) is 5.10 Å². The highest BCUT2D eigenvalue weighted by atomic mass is 32.1. The van der Waals surface area contributed by atoms with Crippen molar-refractivity contribution in [2.75, 3.05) is 0 Å². The maximum absolute atomic E-state index is 10.6. The quantitative estimate of drug-likeness (QED) is 0.871. The largest absolute Gasteiger partial charge is 0.370 e. The number of hydrogen-bond donors (Lipinski definition) is 1. The summed E-state index contributed by atoms with van der Waals surface area (Å²) in [7, 11) is 0. The van der Waals surface area contributed by atoms with E-state index in [1.54, 1.807) is 12.6 Å². The second kappa shape index (κ2) is 4.85. The van der Waals surface area contributed by atoms with Gasteiger partial charge in [0.15, 0.2) is 0 Å². The Balaban J connectivity index is 2.08. The Bertz CT molecular complexity index is 464. The lowest BCUT2D eigenvalue weighted by molar-refractivity contribution is -0.117. The molecule has 2 aromatic rings. The predicted molar refractivity (Wildman–Crippen MR) is 62.6 cm³/mol. The van der Waals surface area contributed by atoms with Crippen molar-refractivity contribution in [1.82, 2.24) is 9.59 Å². The summed E-state index contributed by atoms with van der Waals surface area (Å²) < 4.78 is 3.80. The molecule has 0 aliphatic heterocycles. The van der Waals surface area contributed by atoms with Crippen LogP contribution in [-0.4, -0.2) is 15.5 Å². The molecule has 1 radical (unpaired) electrons. The number of nitrogens with two attached hydrogens (primary N) is 1. The first-order chi connectivity index (χ1) is 7.75. The fourth-order valence-electron chi connectivity index (χ4n) is 1.30. The van der Waals surface area contributed by atoms with E-state index < -0.39 is 0 Å². The number of aromatic nitrogens is 2. The van der Waals surface area contributed by atoms with Crippen molar-refractivity contribution < 1.29 is 4.79 Å². The van der Waals surface area contributed by atoms with Crippen molar-refractivity contribution in [3.05, 3.63) is 42.4 Å². The van der Waals surface area contributed by atoms with Crippen molar-refractivity contribution in [3.63, 3.8) is 0 Å². The summed E-state index contributed by atoms with van der Waals surface area (Å²) in [5, 5.41) is 3.78. The lowest BCUT2D eigenvalue weighted by atomic mass is 10.1. The summed E-state index contributed by atoms with van der Waals surface area (Å²) >= 11 is 1.35. The van der Waals surface area contributed by atoms with Gasteiger partial charge in [-0.25, -0.2) is 0 Å². The lowest BCUT2D eigenvalue weighted by Gasteiger charge is -2.00. The Kier molecular flexibility index (Phi) is 3.26. The summed E-state index contributed by atoms with van der Waals surface area (Å²) in [5.74, 6) is -0.323. The zero-order valence-corrected chi connectivity index (χ0v) is 9.28. The van der Waals surface area contributed by atoms with Gasteiger partial charge in [-0.1, -0.05) is 28.8 Å². The van der Waals surface area contributed by atoms with E-state index >= 15 is 0 Å². The number of nitrogens with zero attached hydrogens (tertiary/aromatic N) is 2. The molecule has 1 amide bonds. The molecule has 2 rings (SSSR count). The van der Waals surface area contributed by atoms with E-state index in [1.165, 1.54) is 11.5 Å². The highest BCUT2D eigenvalue weighted by Crippen LogP contribution is 2.22. The SMILES string of the molecule is NC(=O)C[CH]c1ccc(-c2cnns2)cc1. The first-order valence-electron chi connectivity index (χ1n) is 4.75. The van der Waals surface area contributed by atoms with Crippen LogP contribution in [0.1, 0.15) is 12.0 Å². The monoisotopic (exact) mass is 232 g/mol. The second-order valence-electron chi connectivity index (χ2n) is 3.28. The van der Waals surface area contributed by atoms with Gasteiger partial charge < -0.3 is 5.73 Å². The highest BCUT2D eigenvalue weighted by molar-refractivity contribution is 7.09. The third kappa shape index (κ3) is 2.64. The Labute approximate surface area is 97.3 Å². The van der Waals surface area contributed by atoms with Crippen LogP contribution in [0.25, 0.3) is 10.4 Å². The molecule has 1 heterocycles. The van der Waals surface area contributed by atoms with Crippen LogP contribution in [0.5, 0.6) is 0 Å². The van der Waals surface area contributed by atoms with Crippen LogP contribution < -0.4 is 5.73 Å². The standard InChI is InChI=1S/C11H10N3OS/c12-11(15)6-3-8-1-4-9(5-2-8)10-7-13-14-16-10/h1-5,7H,6H2,(H2,12,15). The van der Waals surface area contributed by atoms with Crippen molar-refractivity contribution in [2.45, 2.75) is 6.42 Å². The van der Waals surface area contributed by atoms with Crippen molar-refractivity contribution >= 4 is 17.4 Å². The predicted octanol–water partition coefficient (Wildman–Crippen LogP) is 1.63. The minimum absolute atomic E-state index is 0.265. The van der Waals surface area contributed by atoms with Crippen LogP contribution >= 0.6 is 11.5 Å². The van der Waals surface area contributed by atoms with Crippen LogP contribution in [0.2, 0.25) is 0 Å². The highest BCUT2D eigenvalue weighted by Gasteiger charge is 2.01. The maximum Gasteiger partial charge on any atom is 0.218 e. The molecule has 5 heteroatoms. The lowest BCUT2D eigenvalue weighted by Crippen LogP contribution is -2.10. The van der Waals surface area contributed by atoms with Crippen molar-refractivity contribution in [3.8, 4) is 10.4 Å². The summed E-state index contributed by atoms with van der Waals surface area (Å²) in [6.45, 7) is 0. The molecule has 1 aromatic heterocycles. The van der Waals surface area contributed by atoms with Gasteiger partial charge in [0.2, 0.25) is 5.91 Å². The molecule has 0 saturated heterocycles. The molecule has 0 atom stereocenters. The van der Waals surface area contributed by atoms with E-state index in [9.17, 15) is 4.79 Å². The van der Waals surface area contributed by atoms with Crippen molar-refractivity contribution in [1.29, 1.82) is 0 Å². The molecule has 0 aliphatic rings. The van der Waals surface area contributed by atoms with Gasteiger partial charge in [0, 0.05) is 6.42 Å². The fourth-order valence-corrected chi connectivity index (χ4v) is 1.81. The molecular formula is C11H10N3OS. The van der Waals surface area contributed by atoms with Gasteiger partial charge in [-0.2, -0.15) is 0 Å². The molecule has 0 fully saturated rings. The van der Waals surface area contributed by atoms with E-state index in [-0.39, 0.29) is 12.3 Å². The third-order valence-electron chi connectivity index (χ3n) is 2.10. The zero-order chi connectivity index (χ0) is 11.4. The second-order valence-corrected chi connectivity index (χ2v) is 4.06. The van der Waals surface area contributed by atoms with Gasteiger partial charge >= 0.3 is 0 Å². The summed E-state index contributed by atoms with van der Waals surface area (Å²) in [6.07, 6.45) is 3.80. The first kappa shape index (κ1) is 10.8. The van der Waals surface area contributed by atoms with E-state index in [2.05, 4.69) is 9.59 Å². The molecule has 1 aromatic carbocycles. The van der Waals surface area contributed by atoms with Crippen LogP contribution in [0.15, 0.2) is 30.5 Å². The van der Waals surface area contributed by atoms with Crippen LogP contribution in [0.3, 0.4) is 0 Å². The molecule has 4 nitrogen and oxygen atoms in total. The summed E-state index contributed by atoms with van der Waals surface area (Å²) in [5.41, 5.74) is 7.12. The number of primary amides is 1. The molecule has 0 spiro atoms. The molecule has 0 unspecified atom stereocenters. The van der Waals surface area contributed by atoms with E-state index in [4.69, 9.17) is 5.73 Å². The van der Waals surface area contributed by atoms with Gasteiger partial charge in [0.1, 0.15) is 0 Å². The number of benzene rings is 1. The normalized spacial score (nSPS) is 10.2. The Morgan fingerprint density at radius 2 is 2.12 bits per heavy atom. The van der Waals surface area contributed by atoms with Crippen LogP contribution in [0.4, 0.5) is 0 Å². The minimum atomic E-state index is -0.323. The Morgan fingerprint density at radius 1 is 1.38 bits per heavy atom. The summed E-state index contributed by atoms with van der Waals surface area (Å²) in [6, 6.07) is 7.83. The minimum Gasteiger partial charge on any atom is -0.370 e. The number of carbonyl (C=O) groups excluding carboxylic acids is 1. The smallest absolute Gasteiger partial charge is 0.218 e. The fraction of sp³-hybridized carbons (Fsp3) is 0.0909. The molecule has 0 aliphatic carbocycles. The molecule has 2 N–H and O–H groups in total.